The van der Waals surface area contributed by atoms with Crippen LogP contribution in [0, 0.1) is 0 Å². The Kier molecular flexibility index (Phi) is 4.46. The van der Waals surface area contributed by atoms with Crippen molar-refractivity contribution in [3.8, 4) is 0 Å². The summed E-state index contributed by atoms with van der Waals surface area (Å²) in [6.45, 7) is 4.62. The first-order valence-corrected chi connectivity index (χ1v) is 8.52. The van der Waals surface area contributed by atoms with Crippen molar-refractivity contribution in [2.24, 2.45) is 0 Å². The highest BCUT2D eigenvalue weighted by molar-refractivity contribution is 7.94. The number of hydrogen-bond acceptors (Lipinski definition) is 5. The SMILES string of the molecule is CNCc1ccc(S(=O)(=O)Nc2cnn(C(C)C)c2)s1. The molecule has 20 heavy (non-hydrogen) atoms. The van der Waals surface area contributed by atoms with Gasteiger partial charge in [-0.15, -0.1) is 11.3 Å². The molecule has 0 fully saturated rings. The summed E-state index contributed by atoms with van der Waals surface area (Å²) < 4.78 is 29.0. The fourth-order valence-electron chi connectivity index (χ4n) is 1.65. The van der Waals surface area contributed by atoms with Crippen LogP contribution in [0.25, 0.3) is 0 Å². The molecule has 0 aliphatic heterocycles. The van der Waals surface area contributed by atoms with Gasteiger partial charge in [0.1, 0.15) is 4.21 Å². The molecule has 0 saturated carbocycles. The molecule has 2 N–H and O–H groups in total. The first-order valence-electron chi connectivity index (χ1n) is 6.22. The Morgan fingerprint density at radius 3 is 2.75 bits per heavy atom. The maximum absolute atomic E-state index is 12.2. The Hall–Kier alpha value is -1.38. The van der Waals surface area contributed by atoms with E-state index in [-0.39, 0.29) is 6.04 Å². The molecule has 2 aromatic heterocycles. The minimum Gasteiger partial charge on any atom is -0.315 e. The molecular formula is C12H18N4O2S2. The van der Waals surface area contributed by atoms with Crippen molar-refractivity contribution in [1.82, 2.24) is 15.1 Å². The zero-order valence-electron chi connectivity index (χ0n) is 11.6. The molecule has 0 unspecified atom stereocenters. The smallest absolute Gasteiger partial charge is 0.271 e. The van der Waals surface area contributed by atoms with Crippen LogP contribution in [0.3, 0.4) is 0 Å². The maximum atomic E-state index is 12.2. The number of aromatic nitrogens is 2. The van der Waals surface area contributed by atoms with Gasteiger partial charge in [-0.25, -0.2) is 8.42 Å². The predicted molar refractivity (Wildman–Crippen MR) is 80.5 cm³/mol. The first kappa shape index (κ1) is 15.0. The zero-order valence-corrected chi connectivity index (χ0v) is 13.3. The standard InChI is InChI=1S/C12H18N4O2S2/c1-9(2)16-8-10(6-14-16)15-20(17,18)12-5-4-11(19-12)7-13-3/h4-6,8-9,13,15H,7H2,1-3H3. The summed E-state index contributed by atoms with van der Waals surface area (Å²) in [7, 11) is -1.71. The van der Waals surface area contributed by atoms with Crippen molar-refractivity contribution in [3.63, 3.8) is 0 Å². The summed E-state index contributed by atoms with van der Waals surface area (Å²) in [4.78, 5) is 0.978. The molecule has 0 radical (unpaired) electrons. The molecular weight excluding hydrogens is 296 g/mol. The number of hydrogen-bond donors (Lipinski definition) is 2. The second kappa shape index (κ2) is 5.94. The van der Waals surface area contributed by atoms with E-state index in [1.54, 1.807) is 16.9 Å². The highest BCUT2D eigenvalue weighted by atomic mass is 32.2. The molecule has 0 aliphatic rings. The van der Waals surface area contributed by atoms with Crippen molar-refractivity contribution < 1.29 is 8.42 Å². The third-order valence-corrected chi connectivity index (χ3v) is 5.59. The van der Waals surface area contributed by atoms with E-state index in [4.69, 9.17) is 0 Å². The molecule has 8 heteroatoms. The molecule has 6 nitrogen and oxygen atoms in total. The molecule has 2 heterocycles. The van der Waals surface area contributed by atoms with Crippen molar-refractivity contribution in [2.75, 3.05) is 11.8 Å². The van der Waals surface area contributed by atoms with E-state index in [1.807, 2.05) is 27.0 Å². The number of nitrogens with zero attached hydrogens (tertiary/aromatic N) is 2. The number of anilines is 1. The topological polar surface area (TPSA) is 76.0 Å². The van der Waals surface area contributed by atoms with Gasteiger partial charge in [0.25, 0.3) is 10.0 Å². The molecule has 0 aliphatic carbocycles. The van der Waals surface area contributed by atoms with E-state index >= 15 is 0 Å². The van der Waals surface area contributed by atoms with Gasteiger partial charge in [0, 0.05) is 23.7 Å². The molecule has 0 bridgehead atoms. The summed E-state index contributed by atoms with van der Waals surface area (Å²) >= 11 is 1.26. The van der Waals surface area contributed by atoms with Gasteiger partial charge in [-0.3, -0.25) is 9.40 Å². The predicted octanol–water partition coefficient (Wildman–Crippen LogP) is 2.05. The van der Waals surface area contributed by atoms with Crippen LogP contribution >= 0.6 is 11.3 Å². The minimum absolute atomic E-state index is 0.192. The number of rotatable bonds is 6. The van der Waals surface area contributed by atoms with Gasteiger partial charge in [-0.05, 0) is 33.0 Å². The minimum atomic E-state index is -3.54. The highest BCUT2D eigenvalue weighted by Crippen LogP contribution is 2.24. The largest absolute Gasteiger partial charge is 0.315 e. The van der Waals surface area contributed by atoms with Gasteiger partial charge in [0.05, 0.1) is 11.9 Å². The zero-order chi connectivity index (χ0) is 14.8. The number of nitrogens with one attached hydrogen (secondary N) is 2. The van der Waals surface area contributed by atoms with E-state index < -0.39 is 10.0 Å². The average molecular weight is 314 g/mol. The van der Waals surface area contributed by atoms with Crippen LogP contribution in [0.15, 0.2) is 28.7 Å². The van der Waals surface area contributed by atoms with Crippen molar-refractivity contribution in [1.29, 1.82) is 0 Å². The number of sulfonamides is 1. The molecule has 0 amide bonds. The second-order valence-electron chi connectivity index (χ2n) is 4.66. The van der Waals surface area contributed by atoms with Gasteiger partial charge in [0.15, 0.2) is 0 Å². The van der Waals surface area contributed by atoms with Crippen molar-refractivity contribution in [2.45, 2.75) is 30.6 Å². The van der Waals surface area contributed by atoms with Crippen molar-refractivity contribution >= 4 is 27.0 Å². The lowest BCUT2D eigenvalue weighted by molar-refractivity contribution is 0.532. The quantitative estimate of drug-likeness (QED) is 0.855. The number of thiophene rings is 1. The summed E-state index contributed by atoms with van der Waals surface area (Å²) in [6.07, 6.45) is 3.20. The van der Waals surface area contributed by atoms with Crippen LogP contribution in [0.4, 0.5) is 5.69 Å². The fraction of sp³-hybridized carbons (Fsp3) is 0.417. The van der Waals surface area contributed by atoms with Crippen molar-refractivity contribution in [3.05, 3.63) is 29.4 Å². The molecule has 2 aromatic rings. The van der Waals surface area contributed by atoms with Crippen LogP contribution in [0.1, 0.15) is 24.8 Å². The third-order valence-electron chi connectivity index (χ3n) is 2.64. The summed E-state index contributed by atoms with van der Waals surface area (Å²) in [5.41, 5.74) is 0.474. The van der Waals surface area contributed by atoms with E-state index in [9.17, 15) is 8.42 Å². The average Bonchev–Trinajstić information content (AvgIpc) is 2.98. The Balaban J connectivity index is 2.16. The van der Waals surface area contributed by atoms with Crippen LogP contribution < -0.4 is 10.0 Å². The fourth-order valence-corrected chi connectivity index (χ4v) is 4.05. The Morgan fingerprint density at radius 2 is 2.15 bits per heavy atom. The third kappa shape index (κ3) is 3.38. The van der Waals surface area contributed by atoms with Crippen LogP contribution in [-0.4, -0.2) is 25.2 Å². The molecule has 0 spiro atoms. The van der Waals surface area contributed by atoms with Gasteiger partial charge >= 0.3 is 0 Å². The van der Waals surface area contributed by atoms with Crippen LogP contribution in [-0.2, 0) is 16.6 Å². The molecule has 2 rings (SSSR count). The first-order chi connectivity index (χ1) is 9.42. The monoisotopic (exact) mass is 314 g/mol. The second-order valence-corrected chi connectivity index (χ2v) is 7.74. The van der Waals surface area contributed by atoms with Crippen LogP contribution in [0.2, 0.25) is 0 Å². The Labute approximate surface area is 122 Å². The van der Waals surface area contributed by atoms with Crippen LogP contribution in [0.5, 0.6) is 0 Å². The van der Waals surface area contributed by atoms with Gasteiger partial charge in [-0.2, -0.15) is 5.10 Å². The lowest BCUT2D eigenvalue weighted by Gasteiger charge is -2.04. The summed E-state index contributed by atoms with van der Waals surface area (Å²) in [5, 5.41) is 7.11. The Bertz CT molecular complexity index is 673. The molecule has 110 valence electrons. The highest BCUT2D eigenvalue weighted by Gasteiger charge is 2.17. The lowest BCUT2D eigenvalue weighted by atomic mass is 10.4. The Morgan fingerprint density at radius 1 is 1.40 bits per heavy atom. The van der Waals surface area contributed by atoms with E-state index in [2.05, 4.69) is 15.1 Å². The lowest BCUT2D eigenvalue weighted by Crippen LogP contribution is -2.11. The van der Waals surface area contributed by atoms with E-state index in [0.29, 0.717) is 16.4 Å². The van der Waals surface area contributed by atoms with E-state index in [0.717, 1.165) is 4.88 Å². The molecule has 0 atom stereocenters. The van der Waals surface area contributed by atoms with Gasteiger partial charge in [-0.1, -0.05) is 0 Å². The maximum Gasteiger partial charge on any atom is 0.271 e. The normalized spacial score (nSPS) is 12.0. The van der Waals surface area contributed by atoms with Gasteiger partial charge in [0.2, 0.25) is 0 Å². The summed E-state index contributed by atoms with van der Waals surface area (Å²) in [5.74, 6) is 0. The molecule has 0 aromatic carbocycles. The van der Waals surface area contributed by atoms with E-state index in [1.165, 1.54) is 17.5 Å². The summed E-state index contributed by atoms with van der Waals surface area (Å²) in [6, 6.07) is 3.62. The molecule has 0 saturated heterocycles. The van der Waals surface area contributed by atoms with Gasteiger partial charge < -0.3 is 5.32 Å².